The number of fused-ring (bicyclic) bond motifs is 1. The number of carbonyl (C=O) groups is 1. The van der Waals surface area contributed by atoms with Gasteiger partial charge < -0.3 is 10.2 Å². The lowest BCUT2D eigenvalue weighted by atomic mass is 10.0. The Morgan fingerprint density at radius 2 is 1.92 bits per heavy atom. The van der Waals surface area contributed by atoms with Crippen LogP contribution >= 0.6 is 0 Å². The molecule has 0 fully saturated rings. The first-order valence-corrected chi connectivity index (χ1v) is 8.45. The third-order valence-electron chi connectivity index (χ3n) is 4.48. The molecule has 3 rings (SSSR count). The molecule has 1 unspecified atom stereocenters. The molecule has 0 bridgehead atoms. The summed E-state index contributed by atoms with van der Waals surface area (Å²) < 4.78 is 1.37. The zero-order valence-corrected chi connectivity index (χ0v) is 15.1. The molecular formula is C20H22N4O2. The highest BCUT2D eigenvalue weighted by Crippen LogP contribution is 2.21. The Morgan fingerprint density at radius 3 is 2.65 bits per heavy atom. The van der Waals surface area contributed by atoms with Crippen LogP contribution in [0.3, 0.4) is 0 Å². The quantitative estimate of drug-likeness (QED) is 0.765. The largest absolute Gasteiger partial charge is 0.350 e. The van der Waals surface area contributed by atoms with Crippen molar-refractivity contribution in [2.45, 2.75) is 13.0 Å². The molecule has 2 aromatic heterocycles. The van der Waals surface area contributed by atoms with E-state index < -0.39 is 5.91 Å². The molecule has 0 aliphatic carbocycles. The lowest BCUT2D eigenvalue weighted by Crippen LogP contribution is -2.37. The second-order valence-electron chi connectivity index (χ2n) is 6.45. The molecule has 3 aromatic rings. The van der Waals surface area contributed by atoms with E-state index >= 15 is 0 Å². The predicted octanol–water partition coefficient (Wildman–Crippen LogP) is 2.04. The Kier molecular flexibility index (Phi) is 5.14. The van der Waals surface area contributed by atoms with Crippen LogP contribution in [0.15, 0.2) is 59.7 Å². The van der Waals surface area contributed by atoms with Crippen LogP contribution in [0.5, 0.6) is 0 Å². The summed E-state index contributed by atoms with van der Waals surface area (Å²) in [5.74, 6) is -0.416. The van der Waals surface area contributed by atoms with Gasteiger partial charge in [0, 0.05) is 18.9 Å². The summed E-state index contributed by atoms with van der Waals surface area (Å²) >= 11 is 0. The van der Waals surface area contributed by atoms with Crippen LogP contribution in [0.25, 0.3) is 5.65 Å². The monoisotopic (exact) mass is 350 g/mol. The van der Waals surface area contributed by atoms with Gasteiger partial charge in [-0.2, -0.15) is 0 Å². The summed E-state index contributed by atoms with van der Waals surface area (Å²) in [5, 5.41) is 2.88. The van der Waals surface area contributed by atoms with Gasteiger partial charge in [0.2, 0.25) is 0 Å². The number of hydrogen-bond acceptors (Lipinski definition) is 4. The molecular weight excluding hydrogens is 328 g/mol. The zero-order valence-electron chi connectivity index (χ0n) is 15.1. The molecule has 0 saturated heterocycles. The van der Waals surface area contributed by atoms with E-state index in [1.54, 1.807) is 24.4 Å². The summed E-state index contributed by atoms with van der Waals surface area (Å²) in [6, 6.07) is 13.3. The van der Waals surface area contributed by atoms with E-state index in [-0.39, 0.29) is 17.2 Å². The molecule has 0 radical (unpaired) electrons. The second kappa shape index (κ2) is 7.49. The summed E-state index contributed by atoms with van der Waals surface area (Å²) in [4.78, 5) is 31.3. The molecule has 1 aromatic carbocycles. The third-order valence-corrected chi connectivity index (χ3v) is 4.48. The van der Waals surface area contributed by atoms with Crippen LogP contribution in [0.2, 0.25) is 0 Å². The summed E-state index contributed by atoms with van der Waals surface area (Å²) in [5.41, 5.74) is 2.49. The van der Waals surface area contributed by atoms with E-state index in [0.717, 1.165) is 11.1 Å². The number of aromatic nitrogens is 2. The molecule has 0 saturated carbocycles. The maximum absolute atomic E-state index is 12.6. The molecule has 0 spiro atoms. The van der Waals surface area contributed by atoms with Crippen molar-refractivity contribution < 1.29 is 4.79 Å². The standard InChI is InChI=1S/C20H22N4O2/c1-14-8-4-5-9-15(14)17(23(2)3)13-22-19(25)16-12-21-18-10-6-7-11-24(18)20(16)26/h4-12,17H,13H2,1-3H3,(H,22,25). The highest BCUT2D eigenvalue weighted by Gasteiger charge is 2.19. The predicted molar refractivity (Wildman–Crippen MR) is 101 cm³/mol. The van der Waals surface area contributed by atoms with Crippen LogP contribution in [-0.4, -0.2) is 40.8 Å². The van der Waals surface area contributed by atoms with Gasteiger partial charge in [0.25, 0.3) is 11.5 Å². The van der Waals surface area contributed by atoms with Crippen molar-refractivity contribution in [3.05, 3.63) is 81.9 Å². The van der Waals surface area contributed by atoms with Crippen molar-refractivity contribution in [2.24, 2.45) is 0 Å². The van der Waals surface area contributed by atoms with Gasteiger partial charge in [-0.3, -0.25) is 14.0 Å². The average Bonchev–Trinajstić information content (AvgIpc) is 2.63. The van der Waals surface area contributed by atoms with E-state index in [9.17, 15) is 9.59 Å². The van der Waals surface area contributed by atoms with E-state index in [1.807, 2.05) is 44.1 Å². The maximum atomic E-state index is 12.6. The highest BCUT2D eigenvalue weighted by molar-refractivity contribution is 5.93. The molecule has 1 amide bonds. The number of benzene rings is 1. The van der Waals surface area contributed by atoms with Crippen LogP contribution in [0.1, 0.15) is 27.5 Å². The molecule has 6 heteroatoms. The molecule has 2 heterocycles. The number of nitrogens with one attached hydrogen (secondary N) is 1. The van der Waals surface area contributed by atoms with Crippen LogP contribution in [0.4, 0.5) is 0 Å². The minimum atomic E-state index is -0.416. The van der Waals surface area contributed by atoms with Crippen molar-refractivity contribution in [2.75, 3.05) is 20.6 Å². The first-order valence-electron chi connectivity index (χ1n) is 8.45. The van der Waals surface area contributed by atoms with E-state index in [4.69, 9.17) is 0 Å². The van der Waals surface area contributed by atoms with Gasteiger partial charge in [-0.25, -0.2) is 4.98 Å². The van der Waals surface area contributed by atoms with Crippen LogP contribution < -0.4 is 10.9 Å². The Hall–Kier alpha value is -2.99. The summed E-state index contributed by atoms with van der Waals surface area (Å²) in [6.07, 6.45) is 2.95. The van der Waals surface area contributed by atoms with Gasteiger partial charge in [-0.1, -0.05) is 30.3 Å². The normalized spacial score (nSPS) is 12.3. The molecule has 6 nitrogen and oxygen atoms in total. The topological polar surface area (TPSA) is 66.7 Å². The first-order chi connectivity index (χ1) is 12.5. The summed E-state index contributed by atoms with van der Waals surface area (Å²) in [6.45, 7) is 2.45. The van der Waals surface area contributed by atoms with Gasteiger partial charge in [0.15, 0.2) is 0 Å². The summed E-state index contributed by atoms with van der Waals surface area (Å²) in [7, 11) is 3.94. The maximum Gasteiger partial charge on any atom is 0.270 e. The Morgan fingerprint density at radius 1 is 1.19 bits per heavy atom. The number of nitrogens with zero attached hydrogens (tertiary/aromatic N) is 3. The van der Waals surface area contributed by atoms with Crippen molar-refractivity contribution in [1.82, 2.24) is 19.6 Å². The lowest BCUT2D eigenvalue weighted by Gasteiger charge is -2.26. The number of amides is 1. The molecule has 1 atom stereocenters. The molecule has 0 aliphatic heterocycles. The lowest BCUT2D eigenvalue weighted by molar-refractivity contribution is 0.0939. The first kappa shape index (κ1) is 17.8. The van der Waals surface area contributed by atoms with Crippen molar-refractivity contribution >= 4 is 11.6 Å². The second-order valence-corrected chi connectivity index (χ2v) is 6.45. The number of rotatable bonds is 5. The van der Waals surface area contributed by atoms with Crippen molar-refractivity contribution in [3.63, 3.8) is 0 Å². The van der Waals surface area contributed by atoms with Gasteiger partial charge in [-0.05, 0) is 44.3 Å². The zero-order chi connectivity index (χ0) is 18.7. The van der Waals surface area contributed by atoms with E-state index in [0.29, 0.717) is 12.2 Å². The van der Waals surface area contributed by atoms with Crippen molar-refractivity contribution in [1.29, 1.82) is 0 Å². The number of aryl methyl sites for hydroxylation is 1. The molecule has 0 aliphatic rings. The van der Waals surface area contributed by atoms with E-state index in [1.165, 1.54) is 10.6 Å². The van der Waals surface area contributed by atoms with Crippen LogP contribution in [0, 0.1) is 6.92 Å². The Balaban J connectivity index is 1.82. The fourth-order valence-electron chi connectivity index (χ4n) is 3.00. The SMILES string of the molecule is Cc1ccccc1C(CNC(=O)c1cnc2ccccn2c1=O)N(C)C. The minimum absolute atomic E-state index is 0.0105. The molecule has 26 heavy (non-hydrogen) atoms. The Bertz CT molecular complexity index is 994. The highest BCUT2D eigenvalue weighted by atomic mass is 16.2. The fraction of sp³-hybridized carbons (Fsp3) is 0.250. The van der Waals surface area contributed by atoms with Gasteiger partial charge in [-0.15, -0.1) is 0 Å². The molecule has 1 N–H and O–H groups in total. The number of likely N-dealkylation sites (N-methyl/N-ethyl adjacent to an activating group) is 1. The molecule has 134 valence electrons. The average molecular weight is 350 g/mol. The van der Waals surface area contributed by atoms with Crippen LogP contribution in [-0.2, 0) is 0 Å². The van der Waals surface area contributed by atoms with Crippen molar-refractivity contribution in [3.8, 4) is 0 Å². The smallest absolute Gasteiger partial charge is 0.270 e. The van der Waals surface area contributed by atoms with E-state index in [2.05, 4.69) is 16.4 Å². The number of pyridine rings is 1. The number of carbonyl (C=O) groups excluding carboxylic acids is 1. The fourth-order valence-corrected chi connectivity index (χ4v) is 3.00. The van der Waals surface area contributed by atoms with Gasteiger partial charge in [0.1, 0.15) is 11.2 Å². The number of hydrogen-bond donors (Lipinski definition) is 1. The van der Waals surface area contributed by atoms with Gasteiger partial charge >= 0.3 is 0 Å². The van der Waals surface area contributed by atoms with Gasteiger partial charge in [0.05, 0.1) is 6.04 Å². The minimum Gasteiger partial charge on any atom is -0.350 e. The third kappa shape index (κ3) is 3.50. The Labute approximate surface area is 152 Å².